The zero-order valence-electron chi connectivity index (χ0n) is 16.1. The summed E-state index contributed by atoms with van der Waals surface area (Å²) in [7, 11) is 0. The number of anilines is 1. The van der Waals surface area contributed by atoms with Gasteiger partial charge in [0, 0.05) is 29.7 Å². The molecule has 2 aromatic heterocycles. The average molecular weight is 373 g/mol. The van der Waals surface area contributed by atoms with Gasteiger partial charge in [0.25, 0.3) is 0 Å². The van der Waals surface area contributed by atoms with E-state index in [2.05, 4.69) is 23.5 Å². The third kappa shape index (κ3) is 4.04. The Balaban J connectivity index is 2.32. The van der Waals surface area contributed by atoms with Crippen LogP contribution in [-0.2, 0) is 0 Å². The van der Waals surface area contributed by atoms with Gasteiger partial charge in [0.2, 0.25) is 5.88 Å². The maximum Gasteiger partial charge on any atom is 0.215 e. The summed E-state index contributed by atoms with van der Waals surface area (Å²) >= 11 is 0. The van der Waals surface area contributed by atoms with Crippen molar-refractivity contribution in [1.29, 1.82) is 0 Å². The van der Waals surface area contributed by atoms with Gasteiger partial charge >= 0.3 is 0 Å². The topological polar surface area (TPSA) is 56.1 Å². The Morgan fingerprint density at radius 2 is 1.96 bits per heavy atom. The van der Waals surface area contributed by atoms with Gasteiger partial charge in [-0.05, 0) is 38.1 Å². The maximum absolute atomic E-state index is 12.7. The van der Waals surface area contributed by atoms with E-state index >= 15 is 0 Å². The Hall–Kier alpha value is -3.60. The van der Waals surface area contributed by atoms with Crippen LogP contribution in [0.2, 0.25) is 0 Å². The monoisotopic (exact) mass is 373 g/mol. The van der Waals surface area contributed by atoms with E-state index in [4.69, 9.17) is 4.74 Å². The number of rotatable bonds is 7. The first-order valence-corrected chi connectivity index (χ1v) is 9.03. The zero-order valence-corrected chi connectivity index (χ0v) is 16.1. The molecular formula is C23H23N3O2. The van der Waals surface area contributed by atoms with E-state index in [1.807, 2.05) is 48.7 Å². The quantitative estimate of drug-likeness (QED) is 0.602. The van der Waals surface area contributed by atoms with E-state index in [-0.39, 0.29) is 11.5 Å². The minimum absolute atomic E-state index is 0.0222. The number of nitrogens with zero attached hydrogens (tertiary/aromatic N) is 2. The molecule has 0 aliphatic heterocycles. The molecule has 0 amide bonds. The Labute approximate surface area is 164 Å². The van der Waals surface area contributed by atoms with Crippen LogP contribution in [0.3, 0.4) is 0 Å². The third-order valence-corrected chi connectivity index (χ3v) is 4.03. The highest BCUT2D eigenvalue weighted by Gasteiger charge is 2.13. The number of ether oxygens (including phenoxy) is 1. The van der Waals surface area contributed by atoms with Crippen LogP contribution in [0, 0.1) is 0 Å². The second kappa shape index (κ2) is 8.39. The number of aromatic nitrogens is 2. The van der Waals surface area contributed by atoms with Gasteiger partial charge in [-0.1, -0.05) is 37.4 Å². The molecule has 0 saturated heterocycles. The van der Waals surface area contributed by atoms with Crippen molar-refractivity contribution < 1.29 is 4.74 Å². The van der Waals surface area contributed by atoms with Crippen molar-refractivity contribution in [2.24, 2.45) is 0 Å². The van der Waals surface area contributed by atoms with Gasteiger partial charge in [-0.25, -0.2) is 4.98 Å². The molecule has 0 radical (unpaired) electrons. The highest BCUT2D eigenvalue weighted by molar-refractivity contribution is 5.83. The summed E-state index contributed by atoms with van der Waals surface area (Å²) in [5.41, 5.74) is 2.20. The van der Waals surface area contributed by atoms with Crippen molar-refractivity contribution in [2.45, 2.75) is 20.0 Å². The minimum atomic E-state index is -0.129. The molecule has 3 rings (SSSR count). The Morgan fingerprint density at radius 1 is 1.21 bits per heavy atom. The summed E-state index contributed by atoms with van der Waals surface area (Å²) in [6.45, 7) is 11.4. The molecule has 0 unspecified atom stereocenters. The highest BCUT2D eigenvalue weighted by Crippen LogP contribution is 2.25. The molecule has 0 spiro atoms. The van der Waals surface area contributed by atoms with Crippen molar-refractivity contribution in [2.75, 3.05) is 5.32 Å². The average Bonchev–Trinajstić information content (AvgIpc) is 2.68. The molecule has 1 aromatic carbocycles. The summed E-state index contributed by atoms with van der Waals surface area (Å²) in [5.74, 6) is 1.08. The van der Waals surface area contributed by atoms with E-state index in [1.54, 1.807) is 36.6 Å². The number of benzene rings is 1. The first-order valence-electron chi connectivity index (χ1n) is 9.03. The van der Waals surface area contributed by atoms with Gasteiger partial charge < -0.3 is 10.1 Å². The summed E-state index contributed by atoms with van der Waals surface area (Å²) in [5, 5.41) is 3.78. The first kappa shape index (κ1) is 19.2. The van der Waals surface area contributed by atoms with Gasteiger partial charge in [-0.15, -0.1) is 0 Å². The second-order valence-corrected chi connectivity index (χ2v) is 6.46. The number of allylic oxidation sites excluding steroid dienone is 3. The van der Waals surface area contributed by atoms with Gasteiger partial charge in [0.1, 0.15) is 5.82 Å². The number of hydrogen-bond acceptors (Lipinski definition) is 4. The smallest absolute Gasteiger partial charge is 0.215 e. The molecule has 0 bridgehead atoms. The fourth-order valence-corrected chi connectivity index (χ4v) is 2.89. The molecule has 0 aliphatic carbocycles. The predicted molar refractivity (Wildman–Crippen MR) is 115 cm³/mol. The molecule has 0 aliphatic rings. The molecular weight excluding hydrogens is 350 g/mol. The zero-order chi connectivity index (χ0) is 20.1. The van der Waals surface area contributed by atoms with Crippen LogP contribution in [0.4, 0.5) is 5.82 Å². The largest absolute Gasteiger partial charge is 0.475 e. The number of fused-ring (bicyclic) bond motifs is 1. The fraction of sp³-hybridized carbons (Fsp3) is 0.130. The summed E-state index contributed by atoms with van der Waals surface area (Å²) < 4.78 is 7.71. The fourth-order valence-electron chi connectivity index (χ4n) is 2.89. The number of hydrogen-bond donors (Lipinski definition) is 1. The van der Waals surface area contributed by atoms with Crippen molar-refractivity contribution in [3.8, 4) is 11.6 Å². The minimum Gasteiger partial charge on any atom is -0.475 e. The summed E-state index contributed by atoms with van der Waals surface area (Å²) in [6.07, 6.45) is 6.66. The van der Waals surface area contributed by atoms with E-state index in [0.29, 0.717) is 22.6 Å². The van der Waals surface area contributed by atoms with Crippen LogP contribution in [0.1, 0.15) is 13.8 Å². The molecule has 0 saturated carbocycles. The summed E-state index contributed by atoms with van der Waals surface area (Å²) in [4.78, 5) is 17.0. The highest BCUT2D eigenvalue weighted by atomic mass is 16.5. The molecule has 3 aromatic rings. The van der Waals surface area contributed by atoms with Crippen LogP contribution in [0.5, 0.6) is 5.88 Å². The molecule has 5 heteroatoms. The van der Waals surface area contributed by atoms with E-state index in [1.165, 1.54) is 0 Å². The first-order chi connectivity index (χ1) is 13.5. The van der Waals surface area contributed by atoms with Crippen LogP contribution >= 0.6 is 0 Å². The molecule has 2 heterocycles. The molecule has 1 N–H and O–H groups in total. The second-order valence-electron chi connectivity index (χ2n) is 6.46. The molecule has 0 fully saturated rings. The van der Waals surface area contributed by atoms with Crippen LogP contribution in [-0.4, -0.2) is 15.7 Å². The van der Waals surface area contributed by atoms with Crippen LogP contribution in [0.15, 0.2) is 90.5 Å². The van der Waals surface area contributed by atoms with Crippen molar-refractivity contribution in [1.82, 2.24) is 9.55 Å². The van der Waals surface area contributed by atoms with Gasteiger partial charge in [0.05, 0.1) is 17.0 Å². The number of pyridine rings is 2. The Kier molecular flexibility index (Phi) is 5.75. The van der Waals surface area contributed by atoms with E-state index in [0.717, 1.165) is 11.4 Å². The van der Waals surface area contributed by atoms with Crippen molar-refractivity contribution in [3.63, 3.8) is 0 Å². The molecule has 142 valence electrons. The maximum atomic E-state index is 12.7. The number of nitrogens with one attached hydrogen (secondary N) is 1. The van der Waals surface area contributed by atoms with Crippen molar-refractivity contribution in [3.05, 3.63) is 96.0 Å². The van der Waals surface area contributed by atoms with Gasteiger partial charge in [-0.2, -0.15) is 0 Å². The van der Waals surface area contributed by atoms with Crippen LogP contribution in [0.25, 0.3) is 16.6 Å². The molecule has 5 nitrogen and oxygen atoms in total. The normalized spacial score (nSPS) is 11.5. The summed E-state index contributed by atoms with van der Waals surface area (Å²) in [6, 6.07) is 13.1. The lowest BCUT2D eigenvalue weighted by Gasteiger charge is -2.19. The Morgan fingerprint density at radius 3 is 2.61 bits per heavy atom. The van der Waals surface area contributed by atoms with Crippen LogP contribution < -0.4 is 15.5 Å². The molecule has 28 heavy (non-hydrogen) atoms. The molecule has 0 atom stereocenters. The lowest BCUT2D eigenvalue weighted by Crippen LogP contribution is -2.15. The van der Waals surface area contributed by atoms with Gasteiger partial charge in [-0.3, -0.25) is 9.36 Å². The third-order valence-electron chi connectivity index (χ3n) is 4.03. The standard InChI is InChI=1S/C23H23N3O2/c1-5-10-17(6-2)25-22-14-21(27)19-15-24-23(28-16(3)4)13-20(19)26(22)18-11-8-7-9-12-18/h5-16,25H,1-2H2,3-4H3/b17-10+. The SMILES string of the molecule is C=C/C=C(\C=C)Nc1cc(=O)c2cnc(OC(C)C)cc2n1-c1ccccc1. The number of para-hydroxylation sites is 1. The van der Waals surface area contributed by atoms with Gasteiger partial charge in [0.15, 0.2) is 5.43 Å². The Bertz CT molecular complexity index is 1100. The predicted octanol–water partition coefficient (Wildman–Crippen LogP) is 4.84. The lowest BCUT2D eigenvalue weighted by molar-refractivity contribution is 0.233. The van der Waals surface area contributed by atoms with Crippen molar-refractivity contribution >= 4 is 16.7 Å². The van der Waals surface area contributed by atoms with E-state index < -0.39 is 0 Å². The lowest BCUT2D eigenvalue weighted by atomic mass is 10.2. The van der Waals surface area contributed by atoms with E-state index in [9.17, 15) is 4.79 Å².